The van der Waals surface area contributed by atoms with Crippen LogP contribution in [-0.4, -0.2) is 22.5 Å². The zero-order valence-corrected chi connectivity index (χ0v) is 10.9. The molecule has 96 valence electrons. The van der Waals surface area contributed by atoms with E-state index in [9.17, 15) is 4.79 Å². The summed E-state index contributed by atoms with van der Waals surface area (Å²) in [6, 6.07) is 7.35. The van der Waals surface area contributed by atoms with Crippen molar-refractivity contribution in [2.24, 2.45) is 0 Å². The minimum atomic E-state index is -0.861. The molecule has 2 aromatic heterocycles. The van der Waals surface area contributed by atoms with Crippen LogP contribution in [0.3, 0.4) is 0 Å². The third-order valence-corrected chi connectivity index (χ3v) is 3.72. The van der Waals surface area contributed by atoms with Gasteiger partial charge in [0.1, 0.15) is 10.6 Å². The molecule has 0 amide bonds. The van der Waals surface area contributed by atoms with Crippen molar-refractivity contribution in [3.05, 3.63) is 46.0 Å². The van der Waals surface area contributed by atoms with E-state index in [1.165, 1.54) is 11.3 Å². The second-order valence-corrected chi connectivity index (χ2v) is 5.12. The van der Waals surface area contributed by atoms with Gasteiger partial charge >= 0.3 is 5.97 Å². The number of carbonyl (C=O) groups is 1. The molecular weight excluding hydrogens is 250 g/mol. The molecule has 2 heterocycles. The van der Waals surface area contributed by atoms with Crippen molar-refractivity contribution < 1.29 is 14.3 Å². The average molecular weight is 265 g/mol. The second-order valence-electron chi connectivity index (χ2n) is 3.95. The summed E-state index contributed by atoms with van der Waals surface area (Å²) in [4.78, 5) is 14.5. The van der Waals surface area contributed by atoms with Crippen LogP contribution < -0.4 is 0 Å². The lowest BCUT2D eigenvalue weighted by atomic mass is 10.3. The number of rotatable bonds is 6. The Morgan fingerprint density at radius 1 is 1.39 bits per heavy atom. The first-order chi connectivity index (χ1) is 8.69. The number of carboxylic acids is 1. The number of nitrogens with zero attached hydrogens (tertiary/aromatic N) is 1. The second kappa shape index (κ2) is 5.84. The molecular formula is C13H15NO3S. The van der Waals surface area contributed by atoms with Crippen LogP contribution >= 0.6 is 11.3 Å². The third-order valence-electron chi connectivity index (χ3n) is 2.66. The van der Waals surface area contributed by atoms with Crippen molar-refractivity contribution in [3.63, 3.8) is 0 Å². The highest BCUT2D eigenvalue weighted by Crippen LogP contribution is 2.19. The Bertz CT molecular complexity index is 504. The summed E-state index contributed by atoms with van der Waals surface area (Å²) in [5, 5.41) is 8.88. The lowest BCUT2D eigenvalue weighted by Gasteiger charge is -2.17. The minimum Gasteiger partial charge on any atom is -0.477 e. The summed E-state index contributed by atoms with van der Waals surface area (Å²) in [6.07, 6.45) is 1.66. The largest absolute Gasteiger partial charge is 0.477 e. The van der Waals surface area contributed by atoms with Crippen LogP contribution in [0, 0.1) is 0 Å². The fraction of sp³-hybridized carbons (Fsp3) is 0.308. The van der Waals surface area contributed by atoms with Gasteiger partial charge in [0, 0.05) is 11.4 Å². The van der Waals surface area contributed by atoms with E-state index in [1.54, 1.807) is 12.3 Å². The molecule has 5 heteroatoms. The molecule has 2 aromatic rings. The average Bonchev–Trinajstić information content (AvgIpc) is 2.99. The van der Waals surface area contributed by atoms with E-state index in [1.807, 2.05) is 18.2 Å². The molecule has 0 saturated heterocycles. The topological polar surface area (TPSA) is 53.7 Å². The molecule has 0 atom stereocenters. The van der Waals surface area contributed by atoms with Gasteiger partial charge in [-0.1, -0.05) is 6.92 Å². The number of thiophene rings is 1. The maximum absolute atomic E-state index is 10.8. The van der Waals surface area contributed by atoms with E-state index in [0.29, 0.717) is 4.88 Å². The highest BCUT2D eigenvalue weighted by atomic mass is 32.1. The van der Waals surface area contributed by atoms with Crippen LogP contribution in [0.15, 0.2) is 34.9 Å². The summed E-state index contributed by atoms with van der Waals surface area (Å²) >= 11 is 1.33. The maximum Gasteiger partial charge on any atom is 0.345 e. The first-order valence-corrected chi connectivity index (χ1v) is 6.57. The predicted octanol–water partition coefficient (Wildman–Crippen LogP) is 3.06. The molecule has 0 aliphatic rings. The molecule has 0 saturated carbocycles. The van der Waals surface area contributed by atoms with Crippen molar-refractivity contribution in [2.75, 3.05) is 6.54 Å². The van der Waals surface area contributed by atoms with Gasteiger partial charge in [-0.3, -0.25) is 4.90 Å². The van der Waals surface area contributed by atoms with Crippen molar-refractivity contribution in [3.8, 4) is 0 Å². The van der Waals surface area contributed by atoms with Crippen LogP contribution in [0.4, 0.5) is 0 Å². The zero-order valence-electron chi connectivity index (χ0n) is 10.1. The summed E-state index contributed by atoms with van der Waals surface area (Å²) in [5.41, 5.74) is 0. The van der Waals surface area contributed by atoms with Gasteiger partial charge in [0.2, 0.25) is 0 Å². The van der Waals surface area contributed by atoms with E-state index in [4.69, 9.17) is 9.52 Å². The molecule has 18 heavy (non-hydrogen) atoms. The molecule has 0 aliphatic carbocycles. The van der Waals surface area contributed by atoms with E-state index in [-0.39, 0.29) is 0 Å². The van der Waals surface area contributed by atoms with Crippen molar-refractivity contribution >= 4 is 17.3 Å². The normalized spacial score (nSPS) is 11.0. The van der Waals surface area contributed by atoms with E-state index >= 15 is 0 Å². The van der Waals surface area contributed by atoms with Crippen LogP contribution in [0.5, 0.6) is 0 Å². The first kappa shape index (κ1) is 12.9. The minimum absolute atomic E-state index is 0.388. The summed E-state index contributed by atoms with van der Waals surface area (Å²) in [6.45, 7) is 4.45. The Morgan fingerprint density at radius 3 is 2.78 bits per heavy atom. The Hall–Kier alpha value is -1.59. The highest BCUT2D eigenvalue weighted by Gasteiger charge is 2.11. The highest BCUT2D eigenvalue weighted by molar-refractivity contribution is 7.13. The number of carboxylic acid groups (broad SMARTS) is 1. The lowest BCUT2D eigenvalue weighted by Crippen LogP contribution is -2.21. The SMILES string of the molecule is CCN(Cc1ccco1)Cc1ccc(C(=O)O)s1. The summed E-state index contributed by atoms with van der Waals surface area (Å²) in [5.74, 6) is 0.0622. The molecule has 0 aliphatic heterocycles. The molecule has 0 aromatic carbocycles. The molecule has 0 unspecified atom stereocenters. The standard InChI is InChI=1S/C13H15NO3S/c1-2-14(8-10-4-3-7-17-10)9-11-5-6-12(18-11)13(15)16/h3-7H,2,8-9H2,1H3,(H,15,16). The fourth-order valence-electron chi connectivity index (χ4n) is 1.70. The molecule has 4 nitrogen and oxygen atoms in total. The molecule has 2 rings (SSSR count). The van der Waals surface area contributed by atoms with Crippen LogP contribution in [0.1, 0.15) is 27.2 Å². The molecule has 0 radical (unpaired) electrons. The van der Waals surface area contributed by atoms with Crippen molar-refractivity contribution in [1.82, 2.24) is 4.90 Å². The van der Waals surface area contributed by atoms with Gasteiger partial charge in [-0.25, -0.2) is 4.79 Å². The Kier molecular flexibility index (Phi) is 4.17. The molecule has 0 fully saturated rings. The van der Waals surface area contributed by atoms with Gasteiger partial charge in [0.05, 0.1) is 12.8 Å². The Morgan fingerprint density at radius 2 is 2.22 bits per heavy atom. The van der Waals surface area contributed by atoms with Crippen LogP contribution in [-0.2, 0) is 13.1 Å². The van der Waals surface area contributed by atoms with Gasteiger partial charge in [-0.15, -0.1) is 11.3 Å². The third kappa shape index (κ3) is 3.21. The van der Waals surface area contributed by atoms with Gasteiger partial charge < -0.3 is 9.52 Å². The van der Waals surface area contributed by atoms with Gasteiger partial charge in [-0.05, 0) is 30.8 Å². The predicted molar refractivity (Wildman–Crippen MR) is 69.8 cm³/mol. The quantitative estimate of drug-likeness (QED) is 0.872. The Labute approximate surface area is 109 Å². The van der Waals surface area contributed by atoms with Crippen molar-refractivity contribution in [1.29, 1.82) is 0 Å². The van der Waals surface area contributed by atoms with Gasteiger partial charge in [-0.2, -0.15) is 0 Å². The zero-order chi connectivity index (χ0) is 13.0. The van der Waals surface area contributed by atoms with Gasteiger partial charge in [0.25, 0.3) is 0 Å². The number of hydrogen-bond donors (Lipinski definition) is 1. The van der Waals surface area contributed by atoms with Gasteiger partial charge in [0.15, 0.2) is 0 Å². The molecule has 0 bridgehead atoms. The van der Waals surface area contributed by atoms with Crippen molar-refractivity contribution in [2.45, 2.75) is 20.0 Å². The lowest BCUT2D eigenvalue weighted by molar-refractivity contribution is 0.0702. The molecule has 0 spiro atoms. The number of furan rings is 1. The van der Waals surface area contributed by atoms with E-state index < -0.39 is 5.97 Å². The van der Waals surface area contributed by atoms with E-state index in [2.05, 4.69) is 11.8 Å². The summed E-state index contributed by atoms with van der Waals surface area (Å²) < 4.78 is 5.31. The maximum atomic E-state index is 10.8. The summed E-state index contributed by atoms with van der Waals surface area (Å²) in [7, 11) is 0. The number of hydrogen-bond acceptors (Lipinski definition) is 4. The van der Waals surface area contributed by atoms with E-state index in [0.717, 1.165) is 30.3 Å². The monoisotopic (exact) mass is 265 g/mol. The fourth-order valence-corrected chi connectivity index (χ4v) is 2.59. The number of aromatic carboxylic acids is 1. The molecule has 1 N–H and O–H groups in total. The Balaban J connectivity index is 1.98. The van der Waals surface area contributed by atoms with Crippen LogP contribution in [0.25, 0.3) is 0 Å². The van der Waals surface area contributed by atoms with Crippen LogP contribution in [0.2, 0.25) is 0 Å². The smallest absolute Gasteiger partial charge is 0.345 e. The first-order valence-electron chi connectivity index (χ1n) is 5.75.